The van der Waals surface area contributed by atoms with E-state index in [0.29, 0.717) is 25.7 Å². The van der Waals surface area contributed by atoms with Crippen molar-refractivity contribution in [3.05, 3.63) is 0 Å². The number of nitrogens with one attached hydrogen (secondary N) is 1. The van der Waals surface area contributed by atoms with Crippen LogP contribution in [-0.2, 0) is 9.59 Å². The van der Waals surface area contributed by atoms with Gasteiger partial charge in [-0.3, -0.25) is 9.59 Å². The van der Waals surface area contributed by atoms with E-state index >= 15 is 0 Å². The van der Waals surface area contributed by atoms with Crippen LogP contribution in [0, 0.1) is 12.3 Å². The van der Waals surface area contributed by atoms with Crippen LogP contribution < -0.4 is 5.32 Å². The molecule has 1 aliphatic heterocycles. The first-order chi connectivity index (χ1) is 9.49. The van der Waals surface area contributed by atoms with E-state index in [9.17, 15) is 9.59 Å². The van der Waals surface area contributed by atoms with Crippen LogP contribution in [0.25, 0.3) is 0 Å². The van der Waals surface area contributed by atoms with Gasteiger partial charge in [0.05, 0.1) is 12.0 Å². The maximum atomic E-state index is 12.0. The number of nitrogens with zero attached hydrogens (tertiary/aromatic N) is 2. The second kappa shape index (κ2) is 5.61. The summed E-state index contributed by atoms with van der Waals surface area (Å²) < 4.78 is 0. The normalized spacial score (nSPS) is 20.6. The fourth-order valence-electron chi connectivity index (χ4n) is 2.58. The van der Waals surface area contributed by atoms with Crippen LogP contribution in [-0.4, -0.2) is 28.2 Å². The van der Waals surface area contributed by atoms with Crippen molar-refractivity contribution in [2.45, 2.75) is 62.6 Å². The quantitative estimate of drug-likeness (QED) is 0.663. The van der Waals surface area contributed by atoms with E-state index in [-0.39, 0.29) is 12.3 Å². The lowest BCUT2D eigenvalue weighted by atomic mass is 9.74. The molecule has 0 aromatic carbocycles. The zero-order valence-corrected chi connectivity index (χ0v) is 11.4. The number of terminal acetylenes is 1. The molecule has 0 saturated heterocycles. The van der Waals surface area contributed by atoms with E-state index < -0.39 is 17.2 Å². The molecular formula is C14H19N3O3. The Morgan fingerprint density at radius 2 is 2.00 bits per heavy atom. The van der Waals surface area contributed by atoms with E-state index in [0.717, 1.165) is 19.3 Å². The van der Waals surface area contributed by atoms with Gasteiger partial charge in [0.1, 0.15) is 0 Å². The Morgan fingerprint density at radius 3 is 2.45 bits per heavy atom. The van der Waals surface area contributed by atoms with E-state index in [1.807, 2.05) is 0 Å². The molecule has 1 amide bonds. The third-order valence-corrected chi connectivity index (χ3v) is 4.01. The van der Waals surface area contributed by atoms with Crippen LogP contribution in [0.5, 0.6) is 0 Å². The summed E-state index contributed by atoms with van der Waals surface area (Å²) in [6.07, 6.45) is 9.76. The molecule has 1 fully saturated rings. The second-order valence-corrected chi connectivity index (χ2v) is 5.64. The summed E-state index contributed by atoms with van der Waals surface area (Å²) in [5, 5.41) is 19.7. The third kappa shape index (κ3) is 3.56. The van der Waals surface area contributed by atoms with E-state index in [1.54, 1.807) is 0 Å². The molecule has 1 saturated carbocycles. The summed E-state index contributed by atoms with van der Waals surface area (Å²) in [7, 11) is 0. The monoisotopic (exact) mass is 277 g/mol. The van der Waals surface area contributed by atoms with Gasteiger partial charge in [-0.15, -0.1) is 12.3 Å². The SMILES string of the molecule is C#CCCC1(CCC(=O)NC2(CC(=O)O)CCC2)N=N1. The number of hydrogen-bond donors (Lipinski definition) is 2. The van der Waals surface area contributed by atoms with E-state index in [2.05, 4.69) is 21.5 Å². The molecule has 20 heavy (non-hydrogen) atoms. The Bertz CT molecular complexity index is 469. The molecule has 0 aromatic heterocycles. The van der Waals surface area contributed by atoms with Crippen molar-refractivity contribution >= 4 is 11.9 Å². The summed E-state index contributed by atoms with van der Waals surface area (Å²) in [4.78, 5) is 22.8. The fraction of sp³-hybridized carbons (Fsp3) is 0.714. The van der Waals surface area contributed by atoms with Gasteiger partial charge in [0.15, 0.2) is 5.66 Å². The predicted octanol–water partition coefficient (Wildman–Crippen LogP) is 1.86. The molecule has 0 atom stereocenters. The summed E-state index contributed by atoms with van der Waals surface area (Å²) in [6.45, 7) is 0. The van der Waals surface area contributed by atoms with Crippen LogP contribution in [0.2, 0.25) is 0 Å². The predicted molar refractivity (Wildman–Crippen MR) is 71.9 cm³/mol. The largest absolute Gasteiger partial charge is 0.481 e. The van der Waals surface area contributed by atoms with Crippen LogP contribution >= 0.6 is 0 Å². The highest BCUT2D eigenvalue weighted by atomic mass is 16.4. The molecule has 1 heterocycles. The number of amides is 1. The zero-order valence-electron chi connectivity index (χ0n) is 11.4. The molecule has 0 spiro atoms. The third-order valence-electron chi connectivity index (χ3n) is 4.01. The molecule has 0 aromatic rings. The minimum Gasteiger partial charge on any atom is -0.481 e. The molecule has 2 aliphatic rings. The second-order valence-electron chi connectivity index (χ2n) is 5.64. The van der Waals surface area contributed by atoms with Gasteiger partial charge in [0, 0.05) is 25.7 Å². The average Bonchev–Trinajstić information content (AvgIpc) is 3.11. The van der Waals surface area contributed by atoms with Gasteiger partial charge >= 0.3 is 5.97 Å². The number of carbonyl (C=O) groups is 2. The summed E-state index contributed by atoms with van der Waals surface area (Å²) in [5.74, 6) is 1.55. The summed E-state index contributed by atoms with van der Waals surface area (Å²) >= 11 is 0. The molecule has 0 radical (unpaired) electrons. The van der Waals surface area contributed by atoms with Gasteiger partial charge in [-0.25, -0.2) is 0 Å². The Labute approximate surface area is 118 Å². The van der Waals surface area contributed by atoms with E-state index in [1.165, 1.54) is 0 Å². The number of carboxylic acids is 1. The molecule has 2 rings (SSSR count). The Morgan fingerprint density at radius 1 is 1.30 bits per heavy atom. The molecule has 6 heteroatoms. The molecule has 0 bridgehead atoms. The highest BCUT2D eigenvalue weighted by Crippen LogP contribution is 2.38. The minimum atomic E-state index is -0.873. The molecule has 2 N–H and O–H groups in total. The van der Waals surface area contributed by atoms with Crippen molar-refractivity contribution in [1.82, 2.24) is 5.32 Å². The van der Waals surface area contributed by atoms with Crippen molar-refractivity contribution in [3.63, 3.8) is 0 Å². The zero-order chi connectivity index (χ0) is 14.6. The molecule has 1 aliphatic carbocycles. The van der Waals surface area contributed by atoms with Gasteiger partial charge in [-0.2, -0.15) is 10.2 Å². The number of carbonyl (C=O) groups excluding carboxylic acids is 1. The lowest BCUT2D eigenvalue weighted by molar-refractivity contribution is -0.140. The van der Waals surface area contributed by atoms with Crippen LogP contribution in [0.4, 0.5) is 0 Å². The Balaban J connectivity index is 1.75. The van der Waals surface area contributed by atoms with Gasteiger partial charge in [-0.1, -0.05) is 0 Å². The lowest BCUT2D eigenvalue weighted by Crippen LogP contribution is -2.54. The van der Waals surface area contributed by atoms with Gasteiger partial charge < -0.3 is 10.4 Å². The Hall–Kier alpha value is -1.90. The van der Waals surface area contributed by atoms with Crippen LogP contribution in [0.15, 0.2) is 10.2 Å². The molecule has 108 valence electrons. The van der Waals surface area contributed by atoms with Crippen molar-refractivity contribution in [3.8, 4) is 12.3 Å². The van der Waals surface area contributed by atoms with Crippen LogP contribution in [0.1, 0.15) is 51.4 Å². The summed E-state index contributed by atoms with van der Waals surface area (Å²) in [5.41, 5.74) is -0.990. The smallest absolute Gasteiger partial charge is 0.305 e. The van der Waals surface area contributed by atoms with Gasteiger partial charge in [0.2, 0.25) is 5.91 Å². The maximum absolute atomic E-state index is 12.0. The molecular weight excluding hydrogens is 258 g/mol. The van der Waals surface area contributed by atoms with Crippen LogP contribution in [0.3, 0.4) is 0 Å². The van der Waals surface area contributed by atoms with Crippen molar-refractivity contribution in [2.75, 3.05) is 0 Å². The van der Waals surface area contributed by atoms with Gasteiger partial charge in [0.25, 0.3) is 0 Å². The number of carboxylic acid groups (broad SMARTS) is 1. The minimum absolute atomic E-state index is 0.00424. The van der Waals surface area contributed by atoms with Crippen molar-refractivity contribution in [1.29, 1.82) is 0 Å². The highest BCUT2D eigenvalue weighted by Gasteiger charge is 2.42. The summed E-state index contributed by atoms with van der Waals surface area (Å²) in [6, 6.07) is 0. The topological polar surface area (TPSA) is 91.1 Å². The number of hydrogen-bond acceptors (Lipinski definition) is 4. The Kier molecular flexibility index (Phi) is 4.07. The fourth-order valence-corrected chi connectivity index (χ4v) is 2.58. The lowest BCUT2D eigenvalue weighted by Gasteiger charge is -2.41. The van der Waals surface area contributed by atoms with E-state index in [4.69, 9.17) is 11.5 Å². The highest BCUT2D eigenvalue weighted by molar-refractivity contribution is 5.78. The first-order valence-corrected chi connectivity index (χ1v) is 6.90. The standard InChI is InChI=1S/C14H19N3O3/c1-2-3-8-14(16-17-14)9-5-11(18)15-13(6-4-7-13)10-12(19)20/h1H,3-10H2,(H,15,18)(H,19,20). The maximum Gasteiger partial charge on any atom is 0.305 e. The molecule has 0 unspecified atom stereocenters. The number of rotatable bonds is 8. The molecule has 6 nitrogen and oxygen atoms in total. The average molecular weight is 277 g/mol. The first-order valence-electron chi connectivity index (χ1n) is 6.90. The first kappa shape index (κ1) is 14.5. The van der Waals surface area contributed by atoms with Gasteiger partial charge in [-0.05, 0) is 19.3 Å². The van der Waals surface area contributed by atoms with Crippen molar-refractivity contribution < 1.29 is 14.7 Å². The number of aliphatic carboxylic acids is 1. The van der Waals surface area contributed by atoms with Crippen molar-refractivity contribution in [2.24, 2.45) is 10.2 Å².